The van der Waals surface area contributed by atoms with E-state index >= 15 is 0 Å². The molecule has 0 spiro atoms. The maximum absolute atomic E-state index is 12.1. The van der Waals surface area contributed by atoms with Gasteiger partial charge in [0.05, 0.1) is 6.20 Å². The third kappa shape index (κ3) is 2.65. The van der Waals surface area contributed by atoms with E-state index in [9.17, 15) is 8.42 Å². The van der Waals surface area contributed by atoms with Gasteiger partial charge < -0.3 is 0 Å². The second-order valence-electron chi connectivity index (χ2n) is 3.73. The Morgan fingerprint density at radius 3 is 2.78 bits per heavy atom. The molecule has 1 heterocycles. The average Bonchev–Trinajstić information content (AvgIpc) is 2.76. The zero-order chi connectivity index (χ0) is 13.2. The molecular weight excluding hydrogens is 274 g/mol. The number of sulfonamides is 1. The van der Waals surface area contributed by atoms with E-state index < -0.39 is 10.0 Å². The highest BCUT2D eigenvalue weighted by Crippen LogP contribution is 2.17. The first-order chi connectivity index (χ1) is 8.53. The van der Waals surface area contributed by atoms with Gasteiger partial charge in [0.25, 0.3) is 10.0 Å². The lowest BCUT2D eigenvalue weighted by atomic mass is 10.2. The van der Waals surface area contributed by atoms with Crippen molar-refractivity contribution in [1.82, 2.24) is 9.78 Å². The van der Waals surface area contributed by atoms with E-state index in [2.05, 4.69) is 9.82 Å². The Bertz CT molecular complexity index is 652. The van der Waals surface area contributed by atoms with Crippen LogP contribution in [0.3, 0.4) is 0 Å². The number of halogens is 1. The van der Waals surface area contributed by atoms with E-state index in [0.717, 1.165) is 5.56 Å². The second-order valence-corrected chi connectivity index (χ2v) is 5.63. The molecule has 0 aliphatic rings. The first-order valence-electron chi connectivity index (χ1n) is 5.18. The van der Waals surface area contributed by atoms with Crippen LogP contribution in [-0.4, -0.2) is 18.2 Å². The van der Waals surface area contributed by atoms with Crippen LogP contribution in [0, 0.1) is 0 Å². The molecule has 0 amide bonds. The SMILES string of the molecule is Cn1nccc1S(=O)(=O)Nc1cccc(CCl)c1. The lowest BCUT2D eigenvalue weighted by Gasteiger charge is -2.08. The minimum atomic E-state index is -3.62. The minimum absolute atomic E-state index is 0.110. The molecular formula is C11H12ClN3O2S. The van der Waals surface area contributed by atoms with Gasteiger partial charge in [-0.3, -0.25) is 9.40 Å². The summed E-state index contributed by atoms with van der Waals surface area (Å²) in [5.41, 5.74) is 1.33. The molecule has 1 aromatic heterocycles. The molecule has 0 aliphatic heterocycles. The number of aromatic nitrogens is 2. The fourth-order valence-electron chi connectivity index (χ4n) is 1.55. The Kier molecular flexibility index (Phi) is 3.58. The largest absolute Gasteiger partial charge is 0.279 e. The van der Waals surface area contributed by atoms with Crippen molar-refractivity contribution in [2.75, 3.05) is 4.72 Å². The number of hydrogen-bond acceptors (Lipinski definition) is 3. The van der Waals surface area contributed by atoms with E-state index in [4.69, 9.17) is 11.6 Å². The van der Waals surface area contributed by atoms with Gasteiger partial charge >= 0.3 is 0 Å². The predicted molar refractivity (Wildman–Crippen MR) is 70.0 cm³/mol. The molecule has 1 aromatic carbocycles. The molecule has 0 radical (unpaired) electrons. The number of nitrogens with one attached hydrogen (secondary N) is 1. The summed E-state index contributed by atoms with van der Waals surface area (Å²) in [4.78, 5) is 0. The Morgan fingerprint density at radius 2 is 2.17 bits per heavy atom. The van der Waals surface area contributed by atoms with Gasteiger partial charge in [-0.2, -0.15) is 13.5 Å². The Hall–Kier alpha value is -1.53. The van der Waals surface area contributed by atoms with Crippen molar-refractivity contribution < 1.29 is 8.42 Å². The molecule has 7 heteroatoms. The highest BCUT2D eigenvalue weighted by Gasteiger charge is 2.17. The summed E-state index contributed by atoms with van der Waals surface area (Å²) >= 11 is 5.70. The van der Waals surface area contributed by atoms with Crippen molar-refractivity contribution in [2.45, 2.75) is 10.9 Å². The molecule has 96 valence electrons. The standard InChI is InChI=1S/C11H12ClN3O2S/c1-15-11(5-6-13-15)18(16,17)14-10-4-2-3-9(7-10)8-12/h2-7,14H,8H2,1H3. The van der Waals surface area contributed by atoms with Crippen molar-refractivity contribution in [1.29, 1.82) is 0 Å². The Morgan fingerprint density at radius 1 is 1.39 bits per heavy atom. The summed E-state index contributed by atoms with van der Waals surface area (Å²) in [6.45, 7) is 0. The Labute approximate surface area is 110 Å². The van der Waals surface area contributed by atoms with E-state index in [1.807, 2.05) is 6.07 Å². The van der Waals surface area contributed by atoms with E-state index in [0.29, 0.717) is 11.6 Å². The highest BCUT2D eigenvalue weighted by atomic mass is 35.5. The third-order valence-electron chi connectivity index (χ3n) is 2.38. The lowest BCUT2D eigenvalue weighted by Crippen LogP contribution is -2.16. The van der Waals surface area contributed by atoms with Crippen molar-refractivity contribution in [3.63, 3.8) is 0 Å². The lowest BCUT2D eigenvalue weighted by molar-refractivity contribution is 0.582. The summed E-state index contributed by atoms with van der Waals surface area (Å²) in [5, 5.41) is 3.94. The molecule has 1 N–H and O–H groups in total. The van der Waals surface area contributed by atoms with E-state index in [-0.39, 0.29) is 5.03 Å². The average molecular weight is 286 g/mol. The van der Waals surface area contributed by atoms with Crippen LogP contribution in [-0.2, 0) is 23.0 Å². The molecule has 5 nitrogen and oxygen atoms in total. The van der Waals surface area contributed by atoms with Crippen LogP contribution in [0.2, 0.25) is 0 Å². The third-order valence-corrected chi connectivity index (χ3v) is 4.15. The summed E-state index contributed by atoms with van der Waals surface area (Å²) in [6, 6.07) is 8.38. The number of rotatable bonds is 4. The molecule has 0 saturated heterocycles. The molecule has 0 unspecified atom stereocenters. The summed E-state index contributed by atoms with van der Waals surface area (Å²) in [5.74, 6) is 0.335. The smallest absolute Gasteiger partial charge is 0.278 e. The van der Waals surface area contributed by atoms with Gasteiger partial charge in [0, 0.05) is 18.6 Å². The van der Waals surface area contributed by atoms with Crippen LogP contribution in [0.4, 0.5) is 5.69 Å². The molecule has 2 rings (SSSR count). The van der Waals surface area contributed by atoms with Crippen molar-refractivity contribution >= 4 is 27.3 Å². The van der Waals surface area contributed by atoms with Crippen molar-refractivity contribution in [2.24, 2.45) is 7.05 Å². The zero-order valence-electron chi connectivity index (χ0n) is 9.67. The Balaban J connectivity index is 2.31. The van der Waals surface area contributed by atoms with Gasteiger partial charge in [0.15, 0.2) is 5.03 Å². The first-order valence-corrected chi connectivity index (χ1v) is 7.20. The van der Waals surface area contributed by atoms with Crippen LogP contribution in [0.15, 0.2) is 41.6 Å². The molecule has 18 heavy (non-hydrogen) atoms. The molecule has 2 aromatic rings. The van der Waals surface area contributed by atoms with E-state index in [1.54, 1.807) is 25.2 Å². The molecule has 0 atom stereocenters. The maximum atomic E-state index is 12.1. The molecule has 0 fully saturated rings. The van der Waals surface area contributed by atoms with E-state index in [1.165, 1.54) is 16.9 Å². The first kappa shape index (κ1) is 12.9. The number of anilines is 1. The number of nitrogens with zero attached hydrogens (tertiary/aromatic N) is 2. The van der Waals surface area contributed by atoms with Gasteiger partial charge in [-0.15, -0.1) is 11.6 Å². The molecule has 0 saturated carbocycles. The van der Waals surface area contributed by atoms with Gasteiger partial charge in [-0.25, -0.2) is 0 Å². The quantitative estimate of drug-likeness (QED) is 0.874. The zero-order valence-corrected chi connectivity index (χ0v) is 11.2. The van der Waals surface area contributed by atoms with Gasteiger partial charge in [0.1, 0.15) is 0 Å². The van der Waals surface area contributed by atoms with Crippen LogP contribution in [0.25, 0.3) is 0 Å². The maximum Gasteiger partial charge on any atom is 0.279 e. The number of benzene rings is 1. The fraction of sp³-hybridized carbons (Fsp3) is 0.182. The van der Waals surface area contributed by atoms with Crippen LogP contribution in [0.1, 0.15) is 5.56 Å². The fourth-order valence-corrected chi connectivity index (χ4v) is 2.89. The summed E-state index contributed by atoms with van der Waals surface area (Å²) in [6.07, 6.45) is 1.43. The predicted octanol–water partition coefficient (Wildman–Crippen LogP) is 1.96. The summed E-state index contributed by atoms with van der Waals surface area (Å²) < 4.78 is 27.9. The molecule has 0 bridgehead atoms. The van der Waals surface area contributed by atoms with Crippen molar-refractivity contribution in [3.8, 4) is 0 Å². The normalized spacial score (nSPS) is 11.4. The molecule has 0 aliphatic carbocycles. The van der Waals surface area contributed by atoms with Crippen LogP contribution in [0.5, 0.6) is 0 Å². The monoisotopic (exact) mass is 285 g/mol. The van der Waals surface area contributed by atoms with Crippen LogP contribution >= 0.6 is 11.6 Å². The highest BCUT2D eigenvalue weighted by molar-refractivity contribution is 7.92. The van der Waals surface area contributed by atoms with Crippen molar-refractivity contribution in [3.05, 3.63) is 42.1 Å². The second kappa shape index (κ2) is 4.99. The van der Waals surface area contributed by atoms with Crippen LogP contribution < -0.4 is 4.72 Å². The van der Waals surface area contributed by atoms with Gasteiger partial charge in [-0.05, 0) is 23.8 Å². The minimum Gasteiger partial charge on any atom is -0.278 e. The number of hydrogen-bond donors (Lipinski definition) is 1. The van der Waals surface area contributed by atoms with Gasteiger partial charge in [-0.1, -0.05) is 12.1 Å². The topological polar surface area (TPSA) is 64.0 Å². The van der Waals surface area contributed by atoms with Gasteiger partial charge in [0.2, 0.25) is 0 Å². The summed E-state index contributed by atoms with van der Waals surface area (Å²) in [7, 11) is -2.05. The number of alkyl halides is 1. The number of aryl methyl sites for hydroxylation is 1.